The van der Waals surface area contributed by atoms with Crippen LogP contribution in [0.3, 0.4) is 0 Å². The van der Waals surface area contributed by atoms with Gasteiger partial charge >= 0.3 is 13.8 Å². The molecule has 0 spiro atoms. The fourth-order valence-electron chi connectivity index (χ4n) is 1.28. The second-order valence-corrected chi connectivity index (χ2v) is 8.52. The Morgan fingerprint density at radius 3 is 2.83 bits per heavy atom. The molecular formula is C13H18N2O5PS2+. The number of aromatic nitrogens is 1. The van der Waals surface area contributed by atoms with Crippen LogP contribution in [-0.2, 0) is 19.0 Å². The van der Waals surface area contributed by atoms with Crippen LogP contribution in [-0.4, -0.2) is 46.7 Å². The fourth-order valence-corrected chi connectivity index (χ4v) is 5.07. The van der Waals surface area contributed by atoms with Crippen molar-refractivity contribution in [3.63, 3.8) is 0 Å². The monoisotopic (exact) mass is 377 g/mol. The van der Waals surface area contributed by atoms with E-state index in [1.54, 1.807) is 17.0 Å². The van der Waals surface area contributed by atoms with Crippen LogP contribution in [0.1, 0.15) is 12.8 Å². The Labute approximate surface area is 143 Å². The van der Waals surface area contributed by atoms with Gasteiger partial charge in [-0.1, -0.05) is 21.4 Å². The Bertz CT molecular complexity index is 518. The molecule has 1 unspecified atom stereocenters. The predicted molar refractivity (Wildman–Crippen MR) is 90.4 cm³/mol. The molecule has 0 fully saturated rings. The molecule has 1 aromatic rings. The predicted octanol–water partition coefficient (Wildman–Crippen LogP) is 2.00. The van der Waals surface area contributed by atoms with Gasteiger partial charge in [0.1, 0.15) is 5.03 Å². The molecule has 1 atom stereocenters. The average Bonchev–Trinajstić information content (AvgIpc) is 2.56. The third kappa shape index (κ3) is 10.3. The largest absolute Gasteiger partial charge is 0.396 e. The first kappa shape index (κ1) is 19.9. The van der Waals surface area contributed by atoms with Gasteiger partial charge < -0.3 is 9.94 Å². The maximum absolute atomic E-state index is 11.8. The average molecular weight is 377 g/mol. The van der Waals surface area contributed by atoms with Crippen molar-refractivity contribution in [1.29, 1.82) is 0 Å². The Kier molecular flexibility index (Phi) is 10.6. The number of rotatable bonds is 10. The summed E-state index contributed by atoms with van der Waals surface area (Å²) in [5, 5.41) is 9.40. The number of nitrogens with one attached hydrogen (secondary N) is 1. The SMILES string of the molecule is O=C(CCO)NOC(=O)CC[P+](=O)CCSSc1ccccn1. The lowest BCUT2D eigenvalue weighted by Gasteiger charge is -2.02. The first-order chi connectivity index (χ1) is 11.1. The van der Waals surface area contributed by atoms with Gasteiger partial charge in [0.15, 0.2) is 12.3 Å². The highest BCUT2D eigenvalue weighted by Crippen LogP contribution is 2.32. The normalized spacial score (nSPS) is 10.9. The van der Waals surface area contributed by atoms with Crippen molar-refractivity contribution in [3.05, 3.63) is 24.4 Å². The minimum atomic E-state index is -1.48. The Hall–Kier alpha value is -1.15. The number of nitrogens with zero attached hydrogens (tertiary/aromatic N) is 1. The summed E-state index contributed by atoms with van der Waals surface area (Å²) in [4.78, 5) is 30.9. The zero-order valence-electron chi connectivity index (χ0n) is 12.3. The van der Waals surface area contributed by atoms with Crippen molar-refractivity contribution in [1.82, 2.24) is 10.5 Å². The molecule has 2 N–H and O–H groups in total. The zero-order valence-corrected chi connectivity index (χ0v) is 14.9. The molecule has 0 bridgehead atoms. The molecule has 0 aliphatic rings. The summed E-state index contributed by atoms with van der Waals surface area (Å²) in [6.45, 7) is -0.316. The van der Waals surface area contributed by atoms with E-state index in [1.165, 1.54) is 10.8 Å². The molecule has 10 heteroatoms. The number of amides is 1. The molecule has 0 saturated heterocycles. The van der Waals surface area contributed by atoms with Gasteiger partial charge in [0.05, 0.1) is 19.4 Å². The number of carbonyl (C=O) groups is 2. The standard InChI is InChI=1S/C13H17N2O5PS2/c16-7-4-11(17)15-20-13(18)5-8-21(19)9-10-22-23-12-3-1-2-6-14-12/h1-3,6,16H,4-5,7-10H2/p+1. The molecule has 0 radical (unpaired) electrons. The molecule has 0 aromatic carbocycles. The summed E-state index contributed by atoms with van der Waals surface area (Å²) in [6, 6.07) is 5.65. The number of aliphatic hydroxyl groups is 1. The first-order valence-electron chi connectivity index (χ1n) is 6.83. The molecule has 0 aliphatic heterocycles. The van der Waals surface area contributed by atoms with Gasteiger partial charge in [0.25, 0.3) is 5.91 Å². The van der Waals surface area contributed by atoms with Gasteiger partial charge in [-0.15, -0.1) is 0 Å². The van der Waals surface area contributed by atoms with Crippen LogP contribution < -0.4 is 5.48 Å². The van der Waals surface area contributed by atoms with Gasteiger partial charge in [-0.05, 0) is 22.9 Å². The van der Waals surface area contributed by atoms with E-state index in [0.717, 1.165) is 5.03 Å². The number of pyridine rings is 1. The van der Waals surface area contributed by atoms with Crippen molar-refractivity contribution in [2.45, 2.75) is 17.9 Å². The summed E-state index contributed by atoms with van der Waals surface area (Å²) < 4.78 is 11.8. The minimum Gasteiger partial charge on any atom is -0.396 e. The van der Waals surface area contributed by atoms with Crippen LogP contribution in [0.2, 0.25) is 0 Å². The third-order valence-electron chi connectivity index (χ3n) is 2.39. The lowest BCUT2D eigenvalue weighted by molar-refractivity contribution is -0.158. The molecule has 23 heavy (non-hydrogen) atoms. The molecule has 1 amide bonds. The number of aliphatic hydroxyl groups excluding tert-OH is 1. The molecule has 0 saturated carbocycles. The summed E-state index contributed by atoms with van der Waals surface area (Å²) in [5.41, 5.74) is 1.92. The Balaban J connectivity index is 2.05. The van der Waals surface area contributed by atoms with E-state index in [0.29, 0.717) is 11.9 Å². The van der Waals surface area contributed by atoms with E-state index in [-0.39, 0.29) is 25.6 Å². The highest BCUT2D eigenvalue weighted by molar-refractivity contribution is 8.76. The van der Waals surface area contributed by atoms with E-state index < -0.39 is 19.7 Å². The van der Waals surface area contributed by atoms with E-state index in [2.05, 4.69) is 9.82 Å². The number of hydrogen-bond acceptors (Lipinski definition) is 8. The van der Waals surface area contributed by atoms with Gasteiger partial charge in [-0.2, -0.15) is 5.48 Å². The molecule has 7 nitrogen and oxygen atoms in total. The maximum Gasteiger partial charge on any atom is 0.340 e. The molecule has 0 aliphatic carbocycles. The summed E-state index contributed by atoms with van der Waals surface area (Å²) in [6.07, 6.45) is 2.29. The van der Waals surface area contributed by atoms with Crippen LogP contribution >= 0.6 is 29.4 Å². The second-order valence-electron chi connectivity index (χ2n) is 4.23. The number of hydrogen-bond donors (Lipinski definition) is 2. The van der Waals surface area contributed by atoms with Gasteiger partial charge in [0.2, 0.25) is 0 Å². The van der Waals surface area contributed by atoms with Crippen molar-refractivity contribution in [2.24, 2.45) is 0 Å². The van der Waals surface area contributed by atoms with E-state index in [9.17, 15) is 14.2 Å². The second kappa shape index (κ2) is 12.3. The summed E-state index contributed by atoms with van der Waals surface area (Å²) in [5.74, 6) is -0.526. The fraction of sp³-hybridized carbons (Fsp3) is 0.462. The third-order valence-corrected chi connectivity index (χ3v) is 6.40. The maximum atomic E-state index is 11.8. The Morgan fingerprint density at radius 2 is 2.13 bits per heavy atom. The minimum absolute atomic E-state index is 0.0212. The van der Waals surface area contributed by atoms with Gasteiger partial charge in [-0.25, -0.2) is 9.78 Å². The lowest BCUT2D eigenvalue weighted by atomic mass is 10.4. The van der Waals surface area contributed by atoms with Crippen molar-refractivity contribution in [3.8, 4) is 0 Å². The van der Waals surface area contributed by atoms with E-state index in [1.807, 2.05) is 23.7 Å². The van der Waals surface area contributed by atoms with Crippen LogP contribution in [0, 0.1) is 0 Å². The van der Waals surface area contributed by atoms with E-state index in [4.69, 9.17) is 5.11 Å². The van der Waals surface area contributed by atoms with Crippen LogP contribution in [0.5, 0.6) is 0 Å². The van der Waals surface area contributed by atoms with Crippen molar-refractivity contribution >= 4 is 41.3 Å². The topological polar surface area (TPSA) is 106 Å². The first-order valence-corrected chi connectivity index (χ1v) is 10.8. The molecule has 1 heterocycles. The molecule has 1 rings (SSSR count). The van der Waals surface area contributed by atoms with Crippen molar-refractivity contribution in [2.75, 3.05) is 24.7 Å². The van der Waals surface area contributed by atoms with Gasteiger partial charge in [0, 0.05) is 11.9 Å². The number of carbonyl (C=O) groups excluding carboxylic acids is 2. The molecular weight excluding hydrogens is 359 g/mol. The summed E-state index contributed by atoms with van der Waals surface area (Å²) in [7, 11) is 1.60. The zero-order chi connectivity index (χ0) is 16.9. The number of hydroxylamine groups is 1. The molecule has 1 aromatic heterocycles. The van der Waals surface area contributed by atoms with Crippen LogP contribution in [0.4, 0.5) is 0 Å². The quantitative estimate of drug-likeness (QED) is 0.276. The van der Waals surface area contributed by atoms with Gasteiger partial charge in [-0.3, -0.25) is 4.79 Å². The van der Waals surface area contributed by atoms with Crippen LogP contribution in [0.25, 0.3) is 0 Å². The van der Waals surface area contributed by atoms with E-state index >= 15 is 0 Å². The highest BCUT2D eigenvalue weighted by atomic mass is 33.1. The smallest absolute Gasteiger partial charge is 0.340 e. The highest BCUT2D eigenvalue weighted by Gasteiger charge is 2.18. The lowest BCUT2D eigenvalue weighted by Crippen LogP contribution is -2.27. The van der Waals surface area contributed by atoms with Crippen LogP contribution in [0.15, 0.2) is 29.4 Å². The summed E-state index contributed by atoms with van der Waals surface area (Å²) >= 11 is 0. The van der Waals surface area contributed by atoms with Crippen molar-refractivity contribution < 1.29 is 24.1 Å². The molecule has 126 valence electrons. The Morgan fingerprint density at radius 1 is 1.30 bits per heavy atom.